The molecular formula is C10H22N2O2. The zero-order chi connectivity index (χ0) is 11.2. The summed E-state index contributed by atoms with van der Waals surface area (Å²) in [5.74, 6) is -0.755. The number of carbonyl (C=O) groups is 1. The topological polar surface area (TPSA) is 66.6 Å². The number of likely N-dealkylation sites (N-methyl/N-ethyl adjacent to an activating group) is 1. The Kier molecular flexibility index (Phi) is 5.72. The van der Waals surface area contributed by atoms with Gasteiger partial charge in [0, 0.05) is 0 Å². The molecule has 0 saturated heterocycles. The van der Waals surface area contributed by atoms with Crippen LogP contribution in [0.15, 0.2) is 0 Å². The lowest BCUT2D eigenvalue weighted by atomic mass is 9.93. The number of nitrogens with two attached hydrogens (primary N) is 1. The maximum Gasteiger partial charge on any atom is 0.323 e. The van der Waals surface area contributed by atoms with Crippen molar-refractivity contribution in [1.82, 2.24) is 4.90 Å². The molecule has 0 bridgehead atoms. The highest BCUT2D eigenvalue weighted by Crippen LogP contribution is 2.21. The van der Waals surface area contributed by atoms with Crippen molar-refractivity contribution in [2.24, 2.45) is 5.73 Å². The predicted octanol–water partition coefficient (Wildman–Crippen LogP) is 0.910. The molecule has 0 amide bonds. The summed E-state index contributed by atoms with van der Waals surface area (Å²) in [5.41, 5.74) is 4.65. The Labute approximate surface area is 86.1 Å². The van der Waals surface area contributed by atoms with Crippen LogP contribution in [-0.2, 0) is 4.79 Å². The number of nitrogens with zero attached hydrogens (tertiary/aromatic N) is 1. The zero-order valence-corrected chi connectivity index (χ0v) is 9.42. The first kappa shape index (κ1) is 13.4. The third kappa shape index (κ3) is 2.96. The summed E-state index contributed by atoms with van der Waals surface area (Å²) in [7, 11) is 0. The highest BCUT2D eigenvalue weighted by Gasteiger charge is 2.37. The molecule has 1 unspecified atom stereocenters. The Morgan fingerprint density at radius 1 is 1.43 bits per heavy atom. The lowest BCUT2D eigenvalue weighted by Crippen LogP contribution is -2.52. The molecule has 14 heavy (non-hydrogen) atoms. The van der Waals surface area contributed by atoms with E-state index in [0.29, 0.717) is 13.0 Å². The molecule has 3 N–H and O–H groups in total. The van der Waals surface area contributed by atoms with E-state index in [1.165, 1.54) is 0 Å². The average molecular weight is 202 g/mol. The Morgan fingerprint density at radius 2 is 1.93 bits per heavy atom. The quantitative estimate of drug-likeness (QED) is 0.644. The van der Waals surface area contributed by atoms with Crippen molar-refractivity contribution in [3.05, 3.63) is 0 Å². The summed E-state index contributed by atoms with van der Waals surface area (Å²) in [4.78, 5) is 13.2. The number of carboxylic acids is 1. The van der Waals surface area contributed by atoms with Crippen molar-refractivity contribution in [1.29, 1.82) is 0 Å². The SMILES string of the molecule is CCN(CC)C(C)(CCCN)C(=O)O. The fourth-order valence-corrected chi connectivity index (χ4v) is 1.77. The van der Waals surface area contributed by atoms with Crippen LogP contribution in [0.1, 0.15) is 33.6 Å². The van der Waals surface area contributed by atoms with Gasteiger partial charge in [0.15, 0.2) is 0 Å². The van der Waals surface area contributed by atoms with Crippen LogP contribution in [0.5, 0.6) is 0 Å². The van der Waals surface area contributed by atoms with Crippen molar-refractivity contribution in [2.45, 2.75) is 39.2 Å². The van der Waals surface area contributed by atoms with Crippen LogP contribution < -0.4 is 5.73 Å². The third-order valence-electron chi connectivity index (χ3n) is 2.79. The normalized spacial score (nSPS) is 15.5. The largest absolute Gasteiger partial charge is 0.480 e. The van der Waals surface area contributed by atoms with Gasteiger partial charge in [0.25, 0.3) is 0 Å². The van der Waals surface area contributed by atoms with E-state index in [1.807, 2.05) is 18.7 Å². The maximum absolute atomic E-state index is 11.2. The standard InChI is InChI=1S/C10H22N2O2/c1-4-12(5-2)10(3,9(13)14)7-6-8-11/h4-8,11H2,1-3H3,(H,13,14). The van der Waals surface area contributed by atoms with Crippen molar-refractivity contribution >= 4 is 5.97 Å². The molecule has 0 rings (SSSR count). The van der Waals surface area contributed by atoms with Gasteiger partial charge in [0.2, 0.25) is 0 Å². The molecule has 0 aromatic heterocycles. The molecular weight excluding hydrogens is 180 g/mol. The second-order valence-corrected chi connectivity index (χ2v) is 3.64. The fraction of sp³-hybridized carbons (Fsp3) is 0.900. The summed E-state index contributed by atoms with van der Waals surface area (Å²) in [5, 5.41) is 9.21. The van der Waals surface area contributed by atoms with E-state index in [0.717, 1.165) is 19.5 Å². The van der Waals surface area contributed by atoms with Crippen LogP contribution >= 0.6 is 0 Å². The van der Waals surface area contributed by atoms with Gasteiger partial charge in [-0.3, -0.25) is 9.69 Å². The summed E-state index contributed by atoms with van der Waals surface area (Å²) in [6.45, 7) is 7.79. The molecule has 0 radical (unpaired) electrons. The van der Waals surface area contributed by atoms with Crippen molar-refractivity contribution < 1.29 is 9.90 Å². The van der Waals surface area contributed by atoms with Crippen LogP contribution in [0.25, 0.3) is 0 Å². The summed E-state index contributed by atoms with van der Waals surface area (Å²) < 4.78 is 0. The molecule has 0 aliphatic rings. The van der Waals surface area contributed by atoms with Gasteiger partial charge < -0.3 is 10.8 Å². The number of carboxylic acid groups (broad SMARTS) is 1. The first-order valence-corrected chi connectivity index (χ1v) is 5.21. The van der Waals surface area contributed by atoms with Crippen molar-refractivity contribution in [3.63, 3.8) is 0 Å². The Bertz CT molecular complexity index is 181. The van der Waals surface area contributed by atoms with E-state index in [-0.39, 0.29) is 0 Å². The molecule has 0 aliphatic carbocycles. The molecule has 0 heterocycles. The number of hydrogen-bond acceptors (Lipinski definition) is 3. The second kappa shape index (κ2) is 5.98. The highest BCUT2D eigenvalue weighted by molar-refractivity contribution is 5.78. The predicted molar refractivity (Wildman–Crippen MR) is 57.3 cm³/mol. The molecule has 0 aromatic rings. The van der Waals surface area contributed by atoms with Crippen molar-refractivity contribution in [3.8, 4) is 0 Å². The summed E-state index contributed by atoms with van der Waals surface area (Å²) in [6, 6.07) is 0. The molecule has 0 saturated carbocycles. The summed E-state index contributed by atoms with van der Waals surface area (Å²) >= 11 is 0. The third-order valence-corrected chi connectivity index (χ3v) is 2.79. The fourth-order valence-electron chi connectivity index (χ4n) is 1.77. The zero-order valence-electron chi connectivity index (χ0n) is 9.42. The van der Waals surface area contributed by atoms with Crippen LogP contribution in [0.2, 0.25) is 0 Å². The van der Waals surface area contributed by atoms with E-state index in [4.69, 9.17) is 5.73 Å². The van der Waals surface area contributed by atoms with Gasteiger partial charge in [-0.25, -0.2) is 0 Å². The maximum atomic E-state index is 11.2. The lowest BCUT2D eigenvalue weighted by Gasteiger charge is -2.36. The van der Waals surface area contributed by atoms with E-state index >= 15 is 0 Å². The summed E-state index contributed by atoms with van der Waals surface area (Å²) in [6.07, 6.45) is 1.36. The van der Waals surface area contributed by atoms with E-state index < -0.39 is 11.5 Å². The van der Waals surface area contributed by atoms with Gasteiger partial charge >= 0.3 is 5.97 Å². The molecule has 0 fully saturated rings. The first-order chi connectivity index (χ1) is 6.52. The van der Waals surface area contributed by atoms with Gasteiger partial charge in [-0.05, 0) is 39.4 Å². The van der Waals surface area contributed by atoms with Gasteiger partial charge in [-0.15, -0.1) is 0 Å². The van der Waals surface area contributed by atoms with Gasteiger partial charge in [0.1, 0.15) is 5.54 Å². The van der Waals surface area contributed by atoms with Gasteiger partial charge in [0.05, 0.1) is 0 Å². The van der Waals surface area contributed by atoms with Crippen LogP contribution in [0, 0.1) is 0 Å². The smallest absolute Gasteiger partial charge is 0.323 e. The highest BCUT2D eigenvalue weighted by atomic mass is 16.4. The Hall–Kier alpha value is -0.610. The van der Waals surface area contributed by atoms with E-state index in [9.17, 15) is 9.90 Å². The number of aliphatic carboxylic acids is 1. The molecule has 0 aromatic carbocycles. The minimum Gasteiger partial charge on any atom is -0.480 e. The monoisotopic (exact) mass is 202 g/mol. The van der Waals surface area contributed by atoms with Crippen molar-refractivity contribution in [2.75, 3.05) is 19.6 Å². The van der Waals surface area contributed by atoms with E-state index in [1.54, 1.807) is 6.92 Å². The molecule has 4 nitrogen and oxygen atoms in total. The minimum atomic E-state index is -0.761. The lowest BCUT2D eigenvalue weighted by molar-refractivity contribution is -0.151. The minimum absolute atomic E-state index is 0.546. The Morgan fingerprint density at radius 3 is 2.21 bits per heavy atom. The van der Waals surface area contributed by atoms with E-state index in [2.05, 4.69) is 0 Å². The van der Waals surface area contributed by atoms with Crippen LogP contribution in [0.4, 0.5) is 0 Å². The first-order valence-electron chi connectivity index (χ1n) is 5.21. The van der Waals surface area contributed by atoms with Gasteiger partial charge in [-0.2, -0.15) is 0 Å². The molecule has 0 aliphatic heterocycles. The number of rotatable bonds is 7. The molecule has 84 valence electrons. The second-order valence-electron chi connectivity index (χ2n) is 3.64. The number of hydrogen-bond donors (Lipinski definition) is 2. The molecule has 0 spiro atoms. The molecule has 4 heteroatoms. The van der Waals surface area contributed by atoms with Crippen LogP contribution in [0.3, 0.4) is 0 Å². The Balaban J connectivity index is 4.59. The van der Waals surface area contributed by atoms with Gasteiger partial charge in [-0.1, -0.05) is 13.8 Å². The average Bonchev–Trinajstić information content (AvgIpc) is 2.16. The molecule has 1 atom stereocenters. The van der Waals surface area contributed by atoms with Crippen LogP contribution in [-0.4, -0.2) is 41.1 Å².